The molecular formula is C19H21ClFN3O2. The van der Waals surface area contributed by atoms with Gasteiger partial charge >= 0.3 is 0 Å². The zero-order valence-electron chi connectivity index (χ0n) is 14.2. The smallest absolute Gasteiger partial charge is 0.253 e. The molecule has 138 valence electrons. The number of nitrogens with zero attached hydrogens (tertiary/aromatic N) is 1. The summed E-state index contributed by atoms with van der Waals surface area (Å²) in [5.41, 5.74) is 7.36. The minimum absolute atomic E-state index is 0. The van der Waals surface area contributed by atoms with E-state index in [2.05, 4.69) is 5.32 Å². The van der Waals surface area contributed by atoms with Gasteiger partial charge in [0.25, 0.3) is 5.91 Å². The van der Waals surface area contributed by atoms with E-state index in [1.165, 1.54) is 24.3 Å². The summed E-state index contributed by atoms with van der Waals surface area (Å²) in [6.07, 6.45) is 1.46. The molecule has 1 unspecified atom stereocenters. The van der Waals surface area contributed by atoms with E-state index < -0.39 is 0 Å². The van der Waals surface area contributed by atoms with Crippen molar-refractivity contribution in [2.24, 2.45) is 5.92 Å². The van der Waals surface area contributed by atoms with Crippen molar-refractivity contribution in [1.29, 1.82) is 0 Å². The van der Waals surface area contributed by atoms with Gasteiger partial charge in [0, 0.05) is 18.7 Å². The normalized spacial score (nSPS) is 16.5. The largest absolute Gasteiger partial charge is 0.397 e. The van der Waals surface area contributed by atoms with Gasteiger partial charge in [0.15, 0.2) is 0 Å². The van der Waals surface area contributed by atoms with Gasteiger partial charge < -0.3 is 16.0 Å². The number of nitrogens with two attached hydrogens (primary N) is 1. The van der Waals surface area contributed by atoms with Gasteiger partial charge in [-0.05, 0) is 49.2 Å². The molecule has 3 rings (SSSR count). The summed E-state index contributed by atoms with van der Waals surface area (Å²) in [7, 11) is 0. The molecule has 1 atom stereocenters. The summed E-state index contributed by atoms with van der Waals surface area (Å²) in [6, 6.07) is 12.5. The van der Waals surface area contributed by atoms with E-state index in [0.29, 0.717) is 36.4 Å². The van der Waals surface area contributed by atoms with Gasteiger partial charge in [-0.3, -0.25) is 9.59 Å². The Hall–Kier alpha value is -2.60. The van der Waals surface area contributed by atoms with Gasteiger partial charge in [-0.2, -0.15) is 0 Å². The molecule has 0 radical (unpaired) electrons. The third-order valence-electron chi connectivity index (χ3n) is 4.39. The molecule has 2 aromatic carbocycles. The molecule has 1 fully saturated rings. The number of halogens is 2. The predicted molar refractivity (Wildman–Crippen MR) is 102 cm³/mol. The third-order valence-corrected chi connectivity index (χ3v) is 4.39. The molecule has 1 aliphatic rings. The second-order valence-electron chi connectivity index (χ2n) is 6.17. The number of hydrogen-bond donors (Lipinski definition) is 2. The molecule has 5 nitrogen and oxygen atoms in total. The number of nitrogens with one attached hydrogen (secondary N) is 1. The number of para-hydroxylation sites is 2. The van der Waals surface area contributed by atoms with E-state index in [-0.39, 0.29) is 36.0 Å². The van der Waals surface area contributed by atoms with Crippen LogP contribution in [0.25, 0.3) is 0 Å². The van der Waals surface area contributed by atoms with Crippen molar-refractivity contribution < 1.29 is 14.0 Å². The van der Waals surface area contributed by atoms with Crippen LogP contribution in [-0.2, 0) is 4.79 Å². The Morgan fingerprint density at radius 3 is 2.50 bits per heavy atom. The summed E-state index contributed by atoms with van der Waals surface area (Å²) < 4.78 is 13.0. The first kappa shape index (κ1) is 19.7. The SMILES string of the molecule is Cl.Nc1ccccc1NC(=O)C1CCCN(C(=O)c2ccc(F)cc2)C1. The van der Waals surface area contributed by atoms with Crippen LogP contribution in [0.4, 0.5) is 15.8 Å². The molecule has 1 aliphatic heterocycles. The van der Waals surface area contributed by atoms with E-state index in [4.69, 9.17) is 5.73 Å². The van der Waals surface area contributed by atoms with Gasteiger partial charge in [0.05, 0.1) is 17.3 Å². The Morgan fingerprint density at radius 1 is 1.12 bits per heavy atom. The number of hydrogen-bond acceptors (Lipinski definition) is 3. The molecule has 0 bridgehead atoms. The van der Waals surface area contributed by atoms with E-state index in [1.54, 1.807) is 29.2 Å². The number of anilines is 2. The Kier molecular flexibility index (Phi) is 6.58. The van der Waals surface area contributed by atoms with Crippen LogP contribution in [0.1, 0.15) is 23.2 Å². The number of amides is 2. The highest BCUT2D eigenvalue weighted by molar-refractivity contribution is 5.97. The van der Waals surface area contributed by atoms with Gasteiger partial charge in [-0.1, -0.05) is 12.1 Å². The van der Waals surface area contributed by atoms with Gasteiger partial charge in [-0.15, -0.1) is 12.4 Å². The zero-order chi connectivity index (χ0) is 17.8. The first-order valence-corrected chi connectivity index (χ1v) is 8.25. The molecule has 0 spiro atoms. The fourth-order valence-corrected chi connectivity index (χ4v) is 3.00. The molecule has 0 aromatic heterocycles. The van der Waals surface area contributed by atoms with Crippen molar-refractivity contribution >= 4 is 35.6 Å². The minimum Gasteiger partial charge on any atom is -0.397 e. The Morgan fingerprint density at radius 2 is 1.81 bits per heavy atom. The first-order chi connectivity index (χ1) is 12.0. The second-order valence-corrected chi connectivity index (χ2v) is 6.17. The third kappa shape index (κ3) is 4.52. The lowest BCUT2D eigenvalue weighted by Gasteiger charge is -2.32. The zero-order valence-corrected chi connectivity index (χ0v) is 15.0. The van der Waals surface area contributed by atoms with Crippen LogP contribution in [0.2, 0.25) is 0 Å². The summed E-state index contributed by atoms with van der Waals surface area (Å²) >= 11 is 0. The lowest BCUT2D eigenvalue weighted by Crippen LogP contribution is -2.43. The minimum atomic E-state index is -0.382. The van der Waals surface area contributed by atoms with E-state index in [9.17, 15) is 14.0 Å². The number of carbonyl (C=O) groups is 2. The van der Waals surface area contributed by atoms with Crippen LogP contribution >= 0.6 is 12.4 Å². The average Bonchev–Trinajstić information content (AvgIpc) is 2.64. The van der Waals surface area contributed by atoms with Crippen molar-refractivity contribution in [2.75, 3.05) is 24.1 Å². The van der Waals surface area contributed by atoms with Crippen LogP contribution in [0.5, 0.6) is 0 Å². The fraction of sp³-hybridized carbons (Fsp3) is 0.263. The van der Waals surface area contributed by atoms with Crippen LogP contribution in [0, 0.1) is 11.7 Å². The summed E-state index contributed by atoms with van der Waals surface area (Å²) in [6.45, 7) is 0.933. The lowest BCUT2D eigenvalue weighted by atomic mass is 9.96. The standard InChI is InChI=1S/C19H20FN3O2.ClH/c20-15-9-7-13(8-10-15)19(25)23-11-3-4-14(12-23)18(24)22-17-6-2-1-5-16(17)21;/h1-2,5-10,14H,3-4,11-12,21H2,(H,22,24);1H. The lowest BCUT2D eigenvalue weighted by molar-refractivity contribution is -0.121. The van der Waals surface area contributed by atoms with Crippen molar-refractivity contribution in [3.63, 3.8) is 0 Å². The maximum absolute atomic E-state index is 13.0. The predicted octanol–water partition coefficient (Wildman–Crippen LogP) is 3.32. The van der Waals surface area contributed by atoms with Crippen LogP contribution in [0.15, 0.2) is 48.5 Å². The summed E-state index contributed by atoms with van der Waals surface area (Å²) in [5.74, 6) is -1.00. The van der Waals surface area contributed by atoms with Crippen molar-refractivity contribution in [3.05, 3.63) is 59.9 Å². The average molecular weight is 378 g/mol. The van der Waals surface area contributed by atoms with Crippen molar-refractivity contribution in [1.82, 2.24) is 4.90 Å². The molecule has 3 N–H and O–H groups in total. The highest BCUT2D eigenvalue weighted by Crippen LogP contribution is 2.23. The molecule has 0 saturated carbocycles. The monoisotopic (exact) mass is 377 g/mol. The van der Waals surface area contributed by atoms with Gasteiger partial charge in [0.2, 0.25) is 5.91 Å². The van der Waals surface area contributed by atoms with E-state index in [0.717, 1.165) is 6.42 Å². The van der Waals surface area contributed by atoms with Crippen LogP contribution < -0.4 is 11.1 Å². The summed E-state index contributed by atoms with van der Waals surface area (Å²) in [4.78, 5) is 26.7. The second kappa shape index (κ2) is 8.67. The van der Waals surface area contributed by atoms with Crippen molar-refractivity contribution in [3.8, 4) is 0 Å². The number of carbonyl (C=O) groups excluding carboxylic acids is 2. The van der Waals surface area contributed by atoms with E-state index in [1.807, 2.05) is 0 Å². The summed E-state index contributed by atoms with van der Waals surface area (Å²) in [5, 5.41) is 2.84. The molecular weight excluding hydrogens is 357 g/mol. The first-order valence-electron chi connectivity index (χ1n) is 8.25. The molecule has 2 aromatic rings. The van der Waals surface area contributed by atoms with Gasteiger partial charge in [0.1, 0.15) is 5.82 Å². The molecule has 7 heteroatoms. The van der Waals surface area contributed by atoms with Crippen molar-refractivity contribution in [2.45, 2.75) is 12.8 Å². The van der Waals surface area contributed by atoms with Crippen LogP contribution in [0.3, 0.4) is 0 Å². The van der Waals surface area contributed by atoms with E-state index >= 15 is 0 Å². The highest BCUT2D eigenvalue weighted by Gasteiger charge is 2.29. The molecule has 2 amide bonds. The number of likely N-dealkylation sites (tertiary alicyclic amines) is 1. The highest BCUT2D eigenvalue weighted by atomic mass is 35.5. The quantitative estimate of drug-likeness (QED) is 0.806. The number of benzene rings is 2. The Bertz CT molecular complexity index is 783. The molecule has 26 heavy (non-hydrogen) atoms. The fourth-order valence-electron chi connectivity index (χ4n) is 3.00. The number of rotatable bonds is 3. The topological polar surface area (TPSA) is 75.4 Å². The molecule has 0 aliphatic carbocycles. The molecule has 1 saturated heterocycles. The maximum atomic E-state index is 13.0. The molecule has 1 heterocycles. The Balaban J connectivity index is 0.00000243. The number of nitrogen functional groups attached to an aromatic ring is 1. The number of piperidine rings is 1. The maximum Gasteiger partial charge on any atom is 0.253 e. The van der Waals surface area contributed by atoms with Crippen LogP contribution in [-0.4, -0.2) is 29.8 Å². The van der Waals surface area contributed by atoms with Gasteiger partial charge in [-0.25, -0.2) is 4.39 Å². The Labute approximate surface area is 157 Å².